The van der Waals surface area contributed by atoms with Crippen molar-refractivity contribution >= 4 is 22.8 Å². The van der Waals surface area contributed by atoms with Crippen LogP contribution in [0.25, 0.3) is 11.0 Å². The molecule has 0 aromatic carbocycles. The van der Waals surface area contributed by atoms with Gasteiger partial charge in [0.15, 0.2) is 5.65 Å². The van der Waals surface area contributed by atoms with Crippen LogP contribution in [0, 0.1) is 5.92 Å². The number of rotatable bonds is 4. The summed E-state index contributed by atoms with van der Waals surface area (Å²) in [6, 6.07) is 5.82. The SMILES string of the molecule is O=c1[nH]c(N2CC[C@@H](CNc3ccccn3)C2)nc2[nH]ncc12. The number of anilines is 2. The number of nitrogens with zero attached hydrogens (tertiary/aromatic N) is 4. The van der Waals surface area contributed by atoms with Crippen molar-refractivity contribution in [2.24, 2.45) is 5.92 Å². The Bertz CT molecular complexity index is 857. The molecule has 0 radical (unpaired) electrons. The zero-order valence-electron chi connectivity index (χ0n) is 12.5. The van der Waals surface area contributed by atoms with Gasteiger partial charge in [-0.1, -0.05) is 6.07 Å². The van der Waals surface area contributed by atoms with Crippen LogP contribution in [0.5, 0.6) is 0 Å². The third kappa shape index (κ3) is 2.75. The molecule has 23 heavy (non-hydrogen) atoms. The van der Waals surface area contributed by atoms with Gasteiger partial charge in [-0.05, 0) is 24.5 Å². The Kier molecular flexibility index (Phi) is 3.41. The molecule has 4 rings (SSSR count). The molecule has 3 aromatic heterocycles. The molecule has 3 aromatic rings. The number of H-pyrrole nitrogens is 2. The van der Waals surface area contributed by atoms with Gasteiger partial charge in [0, 0.05) is 25.8 Å². The van der Waals surface area contributed by atoms with Crippen molar-refractivity contribution in [3.05, 3.63) is 40.9 Å². The molecule has 0 aliphatic carbocycles. The molecule has 0 spiro atoms. The zero-order chi connectivity index (χ0) is 15.6. The van der Waals surface area contributed by atoms with Gasteiger partial charge in [0.2, 0.25) is 5.95 Å². The summed E-state index contributed by atoms with van der Waals surface area (Å²) < 4.78 is 0. The molecule has 3 N–H and O–H groups in total. The first-order valence-corrected chi connectivity index (χ1v) is 7.63. The van der Waals surface area contributed by atoms with E-state index < -0.39 is 0 Å². The van der Waals surface area contributed by atoms with Crippen molar-refractivity contribution in [2.45, 2.75) is 6.42 Å². The molecule has 1 saturated heterocycles. The smallest absolute Gasteiger partial charge is 0.263 e. The molecule has 8 nitrogen and oxygen atoms in total. The fourth-order valence-corrected chi connectivity index (χ4v) is 2.89. The number of aromatic amines is 2. The molecule has 8 heteroatoms. The predicted octanol–water partition coefficient (Wildman–Crippen LogP) is 0.980. The summed E-state index contributed by atoms with van der Waals surface area (Å²) in [5.41, 5.74) is 0.368. The standard InChI is InChI=1S/C15H17N7O/c23-14-11-8-18-21-13(11)19-15(20-14)22-6-4-10(9-22)7-17-12-3-1-2-5-16-12/h1-3,5,8,10H,4,6-7,9H2,(H,16,17)(H2,18,19,20,21,23)/t10-/m0/s1. The summed E-state index contributed by atoms with van der Waals surface area (Å²) in [4.78, 5) is 25.7. The molecule has 1 atom stereocenters. The second kappa shape index (κ2) is 5.71. The topological polar surface area (TPSA) is 103 Å². The highest BCUT2D eigenvalue weighted by molar-refractivity contribution is 5.73. The summed E-state index contributed by atoms with van der Waals surface area (Å²) in [6.45, 7) is 2.57. The van der Waals surface area contributed by atoms with Crippen molar-refractivity contribution in [1.29, 1.82) is 0 Å². The summed E-state index contributed by atoms with van der Waals surface area (Å²) in [5, 5.41) is 10.5. The molecule has 4 heterocycles. The lowest BCUT2D eigenvalue weighted by atomic mass is 10.1. The van der Waals surface area contributed by atoms with Crippen LogP contribution in [-0.2, 0) is 0 Å². The lowest BCUT2D eigenvalue weighted by molar-refractivity contribution is 0.620. The van der Waals surface area contributed by atoms with Crippen LogP contribution in [0.2, 0.25) is 0 Å². The van der Waals surface area contributed by atoms with E-state index in [0.717, 1.165) is 31.9 Å². The van der Waals surface area contributed by atoms with E-state index in [9.17, 15) is 4.79 Å². The highest BCUT2D eigenvalue weighted by Crippen LogP contribution is 2.21. The van der Waals surface area contributed by atoms with E-state index >= 15 is 0 Å². The highest BCUT2D eigenvalue weighted by Gasteiger charge is 2.24. The van der Waals surface area contributed by atoms with Crippen LogP contribution in [0.4, 0.5) is 11.8 Å². The summed E-state index contributed by atoms with van der Waals surface area (Å²) >= 11 is 0. The average Bonchev–Trinajstić information content (AvgIpc) is 3.23. The van der Waals surface area contributed by atoms with Crippen molar-refractivity contribution in [3.8, 4) is 0 Å². The van der Waals surface area contributed by atoms with Gasteiger partial charge in [-0.15, -0.1) is 0 Å². The highest BCUT2D eigenvalue weighted by atomic mass is 16.1. The maximum absolute atomic E-state index is 12.0. The van der Waals surface area contributed by atoms with Crippen LogP contribution < -0.4 is 15.8 Å². The third-order valence-electron chi connectivity index (χ3n) is 4.13. The molecule has 118 valence electrons. The lowest BCUT2D eigenvalue weighted by Gasteiger charge is -2.17. The molecule has 1 fully saturated rings. The van der Waals surface area contributed by atoms with Crippen molar-refractivity contribution in [3.63, 3.8) is 0 Å². The predicted molar refractivity (Wildman–Crippen MR) is 87.6 cm³/mol. The summed E-state index contributed by atoms with van der Waals surface area (Å²) in [6.07, 6.45) is 4.32. The molecule has 1 aliphatic rings. The number of nitrogens with one attached hydrogen (secondary N) is 3. The fourth-order valence-electron chi connectivity index (χ4n) is 2.89. The van der Waals surface area contributed by atoms with Crippen LogP contribution in [-0.4, -0.2) is 44.8 Å². The second-order valence-electron chi connectivity index (χ2n) is 5.72. The number of pyridine rings is 1. The number of hydrogen-bond donors (Lipinski definition) is 3. The quantitative estimate of drug-likeness (QED) is 0.664. The molecule has 0 amide bonds. The van der Waals surface area contributed by atoms with Crippen LogP contribution >= 0.6 is 0 Å². The van der Waals surface area contributed by atoms with E-state index in [0.29, 0.717) is 22.9 Å². The van der Waals surface area contributed by atoms with Gasteiger partial charge in [-0.25, -0.2) is 4.98 Å². The van der Waals surface area contributed by atoms with Gasteiger partial charge in [0.1, 0.15) is 11.2 Å². The monoisotopic (exact) mass is 311 g/mol. The Labute approximate surface area is 132 Å². The zero-order valence-corrected chi connectivity index (χ0v) is 12.5. The Hall–Kier alpha value is -2.90. The molecular weight excluding hydrogens is 294 g/mol. The minimum Gasteiger partial charge on any atom is -0.370 e. The Morgan fingerprint density at radius 1 is 1.39 bits per heavy atom. The molecular formula is C15H17N7O. The first kappa shape index (κ1) is 13.7. The molecule has 0 saturated carbocycles. The van der Waals surface area contributed by atoms with E-state index in [4.69, 9.17) is 0 Å². The van der Waals surface area contributed by atoms with Gasteiger partial charge in [-0.2, -0.15) is 10.1 Å². The van der Waals surface area contributed by atoms with E-state index in [2.05, 4.69) is 35.4 Å². The summed E-state index contributed by atoms with van der Waals surface area (Å²) in [7, 11) is 0. The minimum atomic E-state index is -0.159. The van der Waals surface area contributed by atoms with Crippen LogP contribution in [0.15, 0.2) is 35.4 Å². The van der Waals surface area contributed by atoms with Crippen molar-refractivity contribution < 1.29 is 0 Å². The maximum Gasteiger partial charge on any atom is 0.263 e. The molecule has 0 bridgehead atoms. The molecule has 0 unspecified atom stereocenters. The normalized spacial score (nSPS) is 17.7. The Morgan fingerprint density at radius 2 is 2.35 bits per heavy atom. The largest absolute Gasteiger partial charge is 0.370 e. The first-order chi connectivity index (χ1) is 11.3. The van der Waals surface area contributed by atoms with E-state index in [1.165, 1.54) is 6.20 Å². The van der Waals surface area contributed by atoms with Gasteiger partial charge < -0.3 is 10.2 Å². The van der Waals surface area contributed by atoms with Crippen LogP contribution in [0.1, 0.15) is 6.42 Å². The minimum absolute atomic E-state index is 0.159. The number of aromatic nitrogens is 5. The fraction of sp³-hybridized carbons (Fsp3) is 0.333. The van der Waals surface area contributed by atoms with Gasteiger partial charge in [0.05, 0.1) is 6.20 Å². The van der Waals surface area contributed by atoms with Gasteiger partial charge in [-0.3, -0.25) is 14.9 Å². The van der Waals surface area contributed by atoms with E-state index in [-0.39, 0.29) is 5.56 Å². The van der Waals surface area contributed by atoms with Crippen molar-refractivity contribution in [1.82, 2.24) is 25.1 Å². The molecule has 1 aliphatic heterocycles. The van der Waals surface area contributed by atoms with Gasteiger partial charge in [0.25, 0.3) is 5.56 Å². The third-order valence-corrected chi connectivity index (χ3v) is 4.13. The van der Waals surface area contributed by atoms with Gasteiger partial charge >= 0.3 is 0 Å². The summed E-state index contributed by atoms with van der Waals surface area (Å²) in [5.74, 6) is 1.98. The average molecular weight is 311 g/mol. The maximum atomic E-state index is 12.0. The Balaban J connectivity index is 1.44. The number of hydrogen-bond acceptors (Lipinski definition) is 6. The van der Waals surface area contributed by atoms with Crippen LogP contribution in [0.3, 0.4) is 0 Å². The lowest BCUT2D eigenvalue weighted by Crippen LogP contribution is -2.26. The Morgan fingerprint density at radius 3 is 3.22 bits per heavy atom. The second-order valence-corrected chi connectivity index (χ2v) is 5.72. The van der Waals surface area contributed by atoms with E-state index in [1.807, 2.05) is 18.2 Å². The first-order valence-electron chi connectivity index (χ1n) is 7.63. The van der Waals surface area contributed by atoms with E-state index in [1.54, 1.807) is 6.20 Å². The van der Waals surface area contributed by atoms with Crippen molar-refractivity contribution in [2.75, 3.05) is 29.9 Å². The number of fused-ring (bicyclic) bond motifs is 1.